The van der Waals surface area contributed by atoms with Gasteiger partial charge in [0.25, 0.3) is 11.5 Å². The van der Waals surface area contributed by atoms with E-state index in [1.165, 1.54) is 21.9 Å². The lowest BCUT2D eigenvalue weighted by Gasteiger charge is -2.09. The van der Waals surface area contributed by atoms with Crippen LogP contribution in [0.25, 0.3) is 4.96 Å². The van der Waals surface area contributed by atoms with Crippen molar-refractivity contribution in [2.45, 2.75) is 26.4 Å². The molecule has 9 heteroatoms. The van der Waals surface area contributed by atoms with Gasteiger partial charge in [-0.3, -0.25) is 9.59 Å². The number of anilines is 1. The molecule has 1 amide bonds. The lowest BCUT2D eigenvalue weighted by molar-refractivity contribution is 0.102. The number of benzene rings is 2. The Kier molecular flexibility index (Phi) is 6.29. The first-order valence-electron chi connectivity index (χ1n) is 9.71. The van der Waals surface area contributed by atoms with Gasteiger partial charge in [-0.1, -0.05) is 42.0 Å². The van der Waals surface area contributed by atoms with Crippen LogP contribution in [-0.4, -0.2) is 20.5 Å². The van der Waals surface area contributed by atoms with Crippen LogP contribution in [-0.2, 0) is 13.0 Å². The van der Waals surface area contributed by atoms with E-state index in [0.29, 0.717) is 32.7 Å². The van der Waals surface area contributed by atoms with Gasteiger partial charge in [0.1, 0.15) is 17.4 Å². The van der Waals surface area contributed by atoms with Crippen molar-refractivity contribution >= 4 is 39.5 Å². The van der Waals surface area contributed by atoms with Crippen molar-refractivity contribution in [1.82, 2.24) is 14.6 Å². The highest BCUT2D eigenvalue weighted by atomic mass is 35.5. The van der Waals surface area contributed by atoms with Crippen LogP contribution in [0.3, 0.4) is 0 Å². The molecule has 0 radical (unpaired) electrons. The second-order valence-electron chi connectivity index (χ2n) is 6.77. The maximum atomic E-state index is 12.3. The van der Waals surface area contributed by atoms with Gasteiger partial charge in [0.05, 0.1) is 16.3 Å². The summed E-state index contributed by atoms with van der Waals surface area (Å²) in [5.41, 5.74) is 1.33. The molecule has 2 aromatic carbocycles. The van der Waals surface area contributed by atoms with Gasteiger partial charge in [-0.25, -0.2) is 4.98 Å². The number of hydrogen-bond acceptors (Lipinski definition) is 6. The lowest BCUT2D eigenvalue weighted by atomic mass is 10.2. The summed E-state index contributed by atoms with van der Waals surface area (Å²) in [6, 6.07) is 15.2. The summed E-state index contributed by atoms with van der Waals surface area (Å²) in [7, 11) is 0. The summed E-state index contributed by atoms with van der Waals surface area (Å²) in [5.74, 6) is 0.304. The fourth-order valence-corrected chi connectivity index (χ4v) is 4.16. The minimum absolute atomic E-state index is 0.151. The summed E-state index contributed by atoms with van der Waals surface area (Å²) in [4.78, 5) is 29.7. The highest BCUT2D eigenvalue weighted by Gasteiger charge is 2.11. The molecule has 0 fully saturated rings. The zero-order valence-corrected chi connectivity index (χ0v) is 18.2. The van der Waals surface area contributed by atoms with Gasteiger partial charge in [0.15, 0.2) is 0 Å². The number of aryl methyl sites for hydroxylation is 1. The highest BCUT2D eigenvalue weighted by Crippen LogP contribution is 2.20. The minimum atomic E-state index is -0.288. The average Bonchev–Trinajstić information content (AvgIpc) is 3.17. The van der Waals surface area contributed by atoms with Gasteiger partial charge in [0.2, 0.25) is 4.96 Å². The minimum Gasteiger partial charge on any atom is -0.487 e. The van der Waals surface area contributed by atoms with E-state index in [1.807, 2.05) is 0 Å². The summed E-state index contributed by atoms with van der Waals surface area (Å²) in [6.07, 6.45) is 1.78. The summed E-state index contributed by atoms with van der Waals surface area (Å²) in [6.45, 7) is 2.22. The van der Waals surface area contributed by atoms with Crippen molar-refractivity contribution in [3.8, 4) is 5.75 Å². The zero-order chi connectivity index (χ0) is 21.8. The SMILES string of the molecule is CCCc1nn2c(=O)cc(COc3ccc(NC(=O)c4ccccc4Cl)cc3)nc2s1. The van der Waals surface area contributed by atoms with Crippen molar-refractivity contribution in [1.29, 1.82) is 0 Å². The quantitative estimate of drug-likeness (QED) is 0.441. The standard InChI is InChI=1S/C22H19ClN4O3S/c1-2-5-19-26-27-20(28)12-15(25-22(27)31-19)13-30-16-10-8-14(9-11-16)24-21(29)17-6-3-4-7-18(17)23/h3-4,6-12H,2,5,13H2,1H3,(H,24,29). The first-order valence-corrected chi connectivity index (χ1v) is 10.9. The summed E-state index contributed by atoms with van der Waals surface area (Å²) >= 11 is 7.47. The van der Waals surface area contributed by atoms with Crippen LogP contribution < -0.4 is 15.6 Å². The van der Waals surface area contributed by atoms with Crippen LogP contribution >= 0.6 is 22.9 Å². The van der Waals surface area contributed by atoms with E-state index in [2.05, 4.69) is 22.3 Å². The van der Waals surface area contributed by atoms with Crippen LogP contribution in [0.5, 0.6) is 5.75 Å². The van der Waals surface area contributed by atoms with Crippen LogP contribution in [0.2, 0.25) is 5.02 Å². The number of rotatable bonds is 7. The van der Waals surface area contributed by atoms with Gasteiger partial charge >= 0.3 is 0 Å². The maximum Gasteiger partial charge on any atom is 0.275 e. The average molecular weight is 455 g/mol. The number of nitrogens with one attached hydrogen (secondary N) is 1. The molecule has 0 atom stereocenters. The number of hydrogen-bond donors (Lipinski definition) is 1. The second-order valence-corrected chi connectivity index (χ2v) is 8.22. The molecule has 0 saturated heterocycles. The predicted octanol–water partition coefficient (Wildman–Crippen LogP) is 4.59. The third-order valence-electron chi connectivity index (χ3n) is 4.42. The first kappa shape index (κ1) is 21.0. The summed E-state index contributed by atoms with van der Waals surface area (Å²) < 4.78 is 7.08. The molecule has 0 bridgehead atoms. The molecular formula is C22H19ClN4O3S. The number of nitrogens with zero attached hydrogens (tertiary/aromatic N) is 3. The Hall–Kier alpha value is -3.23. The first-order chi connectivity index (χ1) is 15.0. The van der Waals surface area contributed by atoms with E-state index >= 15 is 0 Å². The molecule has 158 valence electrons. The fraction of sp³-hybridized carbons (Fsp3) is 0.182. The fourth-order valence-electron chi connectivity index (χ4n) is 2.92. The molecule has 7 nitrogen and oxygen atoms in total. The molecule has 1 N–H and O–H groups in total. The molecule has 0 aliphatic carbocycles. The van der Waals surface area contributed by atoms with E-state index in [-0.39, 0.29) is 18.1 Å². The van der Waals surface area contributed by atoms with Crippen LogP contribution in [0, 0.1) is 0 Å². The van der Waals surface area contributed by atoms with Crippen molar-refractivity contribution in [2.24, 2.45) is 0 Å². The molecule has 0 saturated carbocycles. The van der Waals surface area contributed by atoms with Gasteiger partial charge in [-0.2, -0.15) is 9.61 Å². The molecular weight excluding hydrogens is 436 g/mol. The number of fused-ring (bicyclic) bond motifs is 1. The molecule has 0 spiro atoms. The molecule has 0 aliphatic rings. The van der Waals surface area contributed by atoms with Crippen molar-refractivity contribution < 1.29 is 9.53 Å². The van der Waals surface area contributed by atoms with Crippen molar-refractivity contribution in [2.75, 3.05) is 5.32 Å². The van der Waals surface area contributed by atoms with E-state index < -0.39 is 0 Å². The van der Waals surface area contributed by atoms with Gasteiger partial charge in [0, 0.05) is 18.2 Å². The number of ether oxygens (including phenoxy) is 1. The molecule has 0 unspecified atom stereocenters. The Bertz CT molecular complexity index is 1280. The predicted molar refractivity (Wildman–Crippen MR) is 121 cm³/mol. The maximum absolute atomic E-state index is 12.3. The van der Waals surface area contributed by atoms with E-state index in [9.17, 15) is 9.59 Å². The zero-order valence-electron chi connectivity index (χ0n) is 16.7. The Morgan fingerprint density at radius 2 is 1.97 bits per heavy atom. The highest BCUT2D eigenvalue weighted by molar-refractivity contribution is 7.16. The number of amides is 1. The Labute approximate surface area is 187 Å². The van der Waals surface area contributed by atoms with Crippen molar-refractivity contribution in [3.63, 3.8) is 0 Å². The Morgan fingerprint density at radius 3 is 2.71 bits per heavy atom. The molecule has 4 rings (SSSR count). The van der Waals surface area contributed by atoms with E-state index in [1.54, 1.807) is 48.5 Å². The van der Waals surface area contributed by atoms with E-state index in [4.69, 9.17) is 16.3 Å². The van der Waals surface area contributed by atoms with Gasteiger partial charge in [-0.05, 0) is 42.8 Å². The number of carbonyl (C=O) groups excluding carboxylic acids is 1. The summed E-state index contributed by atoms with van der Waals surface area (Å²) in [5, 5.41) is 8.38. The van der Waals surface area contributed by atoms with Gasteiger partial charge < -0.3 is 10.1 Å². The molecule has 2 aromatic heterocycles. The van der Waals surface area contributed by atoms with Crippen LogP contribution in [0.1, 0.15) is 34.4 Å². The molecule has 31 heavy (non-hydrogen) atoms. The third-order valence-corrected chi connectivity index (χ3v) is 5.72. The topological polar surface area (TPSA) is 85.6 Å². The number of aromatic nitrogens is 3. The van der Waals surface area contributed by atoms with Crippen LogP contribution in [0.4, 0.5) is 5.69 Å². The van der Waals surface area contributed by atoms with Crippen molar-refractivity contribution in [3.05, 3.63) is 86.2 Å². The molecule has 0 aliphatic heterocycles. The lowest BCUT2D eigenvalue weighted by Crippen LogP contribution is -2.16. The second kappa shape index (κ2) is 9.28. The molecule has 2 heterocycles. The number of carbonyl (C=O) groups is 1. The van der Waals surface area contributed by atoms with Crippen LogP contribution in [0.15, 0.2) is 59.4 Å². The number of halogens is 1. The largest absolute Gasteiger partial charge is 0.487 e. The Morgan fingerprint density at radius 1 is 1.19 bits per heavy atom. The monoisotopic (exact) mass is 454 g/mol. The smallest absolute Gasteiger partial charge is 0.275 e. The molecule has 4 aromatic rings. The third kappa shape index (κ3) is 4.92. The van der Waals surface area contributed by atoms with E-state index in [0.717, 1.165) is 17.8 Å². The normalized spacial score (nSPS) is 10.9. The van der Waals surface area contributed by atoms with Gasteiger partial charge in [-0.15, -0.1) is 0 Å². The Balaban J connectivity index is 1.41.